The van der Waals surface area contributed by atoms with Gasteiger partial charge in [-0.25, -0.2) is 9.78 Å². The number of hydrogen-bond donors (Lipinski definition) is 3. The molecule has 0 aliphatic heterocycles. The molecule has 1 fully saturated rings. The fourth-order valence-corrected chi connectivity index (χ4v) is 1.42. The molecule has 0 spiro atoms. The molecular weight excluding hydrogens is 236 g/mol. The average molecular weight is 250 g/mol. The molecule has 1 aliphatic carbocycles. The van der Waals surface area contributed by atoms with Gasteiger partial charge in [0.2, 0.25) is 5.91 Å². The van der Waals surface area contributed by atoms with Crippen molar-refractivity contribution in [3.05, 3.63) is 18.1 Å². The highest BCUT2D eigenvalue weighted by Gasteiger charge is 2.28. The van der Waals surface area contributed by atoms with Crippen molar-refractivity contribution < 1.29 is 14.7 Å². The molecule has 1 aromatic rings. The Hall–Kier alpha value is -2.18. The van der Waals surface area contributed by atoms with Crippen molar-refractivity contribution in [2.75, 3.05) is 18.4 Å². The second-order valence-electron chi connectivity index (χ2n) is 4.09. The van der Waals surface area contributed by atoms with Crippen LogP contribution >= 0.6 is 0 Å². The highest BCUT2D eigenvalue weighted by molar-refractivity contribution is 5.85. The number of rotatable bonds is 6. The van der Waals surface area contributed by atoms with E-state index in [2.05, 4.69) is 20.6 Å². The van der Waals surface area contributed by atoms with E-state index in [9.17, 15) is 9.59 Å². The van der Waals surface area contributed by atoms with E-state index in [0.29, 0.717) is 18.9 Å². The summed E-state index contributed by atoms with van der Waals surface area (Å²) < 4.78 is 0. The van der Waals surface area contributed by atoms with E-state index in [1.807, 2.05) is 0 Å². The lowest BCUT2D eigenvalue weighted by Gasteiger charge is -2.06. The number of carbonyl (C=O) groups excluding carboxylic acids is 1. The Morgan fingerprint density at radius 1 is 1.33 bits per heavy atom. The predicted molar refractivity (Wildman–Crippen MR) is 63.2 cm³/mol. The summed E-state index contributed by atoms with van der Waals surface area (Å²) in [5.41, 5.74) is -0.109. The number of carboxylic acid groups (broad SMARTS) is 1. The number of carbonyl (C=O) groups is 2. The number of aromatic carboxylic acids is 1. The van der Waals surface area contributed by atoms with Gasteiger partial charge in [-0.1, -0.05) is 0 Å². The molecule has 1 saturated carbocycles. The molecule has 0 unspecified atom stereocenters. The van der Waals surface area contributed by atoms with Crippen molar-refractivity contribution in [3.63, 3.8) is 0 Å². The Balaban J connectivity index is 1.74. The molecule has 1 heterocycles. The van der Waals surface area contributed by atoms with Gasteiger partial charge in [-0.05, 0) is 12.8 Å². The zero-order chi connectivity index (χ0) is 13.0. The summed E-state index contributed by atoms with van der Waals surface area (Å²) >= 11 is 0. The molecule has 1 aromatic heterocycles. The zero-order valence-electron chi connectivity index (χ0n) is 9.72. The summed E-state index contributed by atoms with van der Waals surface area (Å²) in [5.74, 6) is -0.453. The molecular formula is C11H14N4O3. The van der Waals surface area contributed by atoms with Gasteiger partial charge in [0.15, 0.2) is 5.69 Å². The lowest BCUT2D eigenvalue weighted by Crippen LogP contribution is -2.30. The molecule has 0 atom stereocenters. The van der Waals surface area contributed by atoms with Crippen molar-refractivity contribution in [1.82, 2.24) is 15.3 Å². The summed E-state index contributed by atoms with van der Waals surface area (Å²) in [7, 11) is 0. The SMILES string of the molecule is O=C(O)c1cncc(NCCNC(=O)C2CC2)n1. The minimum atomic E-state index is -1.12. The molecule has 0 saturated heterocycles. The first kappa shape index (κ1) is 12.3. The Labute approximate surface area is 104 Å². The van der Waals surface area contributed by atoms with E-state index in [1.54, 1.807) is 0 Å². The molecule has 7 nitrogen and oxygen atoms in total. The van der Waals surface area contributed by atoms with Crippen LogP contribution in [0.4, 0.5) is 5.82 Å². The predicted octanol–water partition coefficient (Wildman–Crippen LogP) is 0.113. The third-order valence-electron chi connectivity index (χ3n) is 2.53. The molecule has 0 radical (unpaired) electrons. The Kier molecular flexibility index (Phi) is 3.71. The number of aromatic nitrogens is 2. The molecule has 2 rings (SSSR count). The van der Waals surface area contributed by atoms with Crippen molar-refractivity contribution in [3.8, 4) is 0 Å². The minimum absolute atomic E-state index is 0.0853. The summed E-state index contributed by atoms with van der Waals surface area (Å²) in [4.78, 5) is 29.6. The summed E-state index contributed by atoms with van der Waals surface area (Å²) in [6.45, 7) is 0.963. The van der Waals surface area contributed by atoms with E-state index in [4.69, 9.17) is 5.11 Å². The largest absolute Gasteiger partial charge is 0.476 e. The lowest BCUT2D eigenvalue weighted by atomic mass is 10.4. The third kappa shape index (κ3) is 3.41. The van der Waals surface area contributed by atoms with E-state index in [0.717, 1.165) is 12.8 Å². The van der Waals surface area contributed by atoms with Gasteiger partial charge in [-0.2, -0.15) is 0 Å². The summed E-state index contributed by atoms with van der Waals surface area (Å²) in [6, 6.07) is 0. The van der Waals surface area contributed by atoms with Crippen molar-refractivity contribution in [2.24, 2.45) is 5.92 Å². The van der Waals surface area contributed by atoms with Crippen LogP contribution < -0.4 is 10.6 Å². The normalized spacial score (nSPS) is 14.0. The van der Waals surface area contributed by atoms with Crippen LogP contribution in [0.1, 0.15) is 23.3 Å². The Bertz CT molecular complexity index is 459. The van der Waals surface area contributed by atoms with Gasteiger partial charge in [0.25, 0.3) is 0 Å². The summed E-state index contributed by atoms with van der Waals surface area (Å²) in [6.07, 6.45) is 4.58. The molecule has 18 heavy (non-hydrogen) atoms. The maximum Gasteiger partial charge on any atom is 0.356 e. The van der Waals surface area contributed by atoms with Gasteiger partial charge in [0, 0.05) is 19.0 Å². The molecule has 1 aliphatic rings. The topological polar surface area (TPSA) is 104 Å². The first-order valence-electron chi connectivity index (χ1n) is 5.74. The van der Waals surface area contributed by atoms with Crippen LogP contribution in [0, 0.1) is 5.92 Å². The smallest absolute Gasteiger partial charge is 0.356 e. The van der Waals surface area contributed by atoms with Crippen LogP contribution in [0.3, 0.4) is 0 Å². The fourth-order valence-electron chi connectivity index (χ4n) is 1.42. The second-order valence-corrected chi connectivity index (χ2v) is 4.09. The number of amides is 1. The number of hydrogen-bond acceptors (Lipinski definition) is 5. The first-order valence-corrected chi connectivity index (χ1v) is 5.74. The summed E-state index contributed by atoms with van der Waals surface area (Å²) in [5, 5.41) is 14.4. The van der Waals surface area contributed by atoms with Gasteiger partial charge in [0.05, 0.1) is 12.4 Å². The maximum atomic E-state index is 11.3. The standard InChI is InChI=1S/C11H14N4O3/c16-10(7-1-2-7)14-4-3-13-9-6-12-5-8(15-9)11(17)18/h5-7H,1-4H2,(H,13,15)(H,14,16)(H,17,18). The van der Waals surface area contributed by atoms with E-state index in [-0.39, 0.29) is 17.5 Å². The molecule has 3 N–H and O–H groups in total. The van der Waals surface area contributed by atoms with Crippen LogP contribution in [-0.2, 0) is 4.79 Å². The van der Waals surface area contributed by atoms with Crippen LogP contribution in [-0.4, -0.2) is 40.0 Å². The molecule has 0 aromatic carbocycles. The fraction of sp³-hybridized carbons (Fsp3) is 0.455. The van der Waals surface area contributed by atoms with Gasteiger partial charge in [-0.3, -0.25) is 9.78 Å². The van der Waals surface area contributed by atoms with Crippen molar-refractivity contribution >= 4 is 17.7 Å². The van der Waals surface area contributed by atoms with Crippen LogP contribution in [0.5, 0.6) is 0 Å². The van der Waals surface area contributed by atoms with E-state index < -0.39 is 5.97 Å². The second kappa shape index (κ2) is 5.44. The van der Waals surface area contributed by atoms with Crippen LogP contribution in [0.15, 0.2) is 12.4 Å². The molecule has 1 amide bonds. The highest BCUT2D eigenvalue weighted by Crippen LogP contribution is 2.28. The third-order valence-corrected chi connectivity index (χ3v) is 2.53. The first-order chi connectivity index (χ1) is 8.66. The van der Waals surface area contributed by atoms with Crippen LogP contribution in [0.2, 0.25) is 0 Å². The molecule has 0 bridgehead atoms. The monoisotopic (exact) mass is 250 g/mol. The Morgan fingerprint density at radius 2 is 2.11 bits per heavy atom. The van der Waals surface area contributed by atoms with Gasteiger partial charge in [0.1, 0.15) is 5.82 Å². The van der Waals surface area contributed by atoms with E-state index in [1.165, 1.54) is 12.4 Å². The highest BCUT2D eigenvalue weighted by atomic mass is 16.4. The lowest BCUT2D eigenvalue weighted by molar-refractivity contribution is -0.122. The number of carboxylic acids is 1. The van der Waals surface area contributed by atoms with Crippen molar-refractivity contribution in [1.29, 1.82) is 0 Å². The van der Waals surface area contributed by atoms with Crippen LogP contribution in [0.25, 0.3) is 0 Å². The van der Waals surface area contributed by atoms with Gasteiger partial charge in [-0.15, -0.1) is 0 Å². The van der Waals surface area contributed by atoms with Gasteiger partial charge < -0.3 is 15.7 Å². The van der Waals surface area contributed by atoms with Crippen molar-refractivity contribution in [2.45, 2.75) is 12.8 Å². The minimum Gasteiger partial charge on any atom is -0.476 e. The Morgan fingerprint density at radius 3 is 2.78 bits per heavy atom. The number of nitrogens with one attached hydrogen (secondary N) is 2. The molecule has 96 valence electrons. The molecule has 7 heteroatoms. The van der Waals surface area contributed by atoms with Gasteiger partial charge >= 0.3 is 5.97 Å². The number of nitrogens with zero attached hydrogens (tertiary/aromatic N) is 2. The zero-order valence-corrected chi connectivity index (χ0v) is 9.72. The van der Waals surface area contributed by atoms with E-state index >= 15 is 0 Å². The number of anilines is 1. The maximum absolute atomic E-state index is 11.3. The quantitative estimate of drug-likeness (QED) is 0.619. The average Bonchev–Trinajstić information content (AvgIpc) is 3.19.